The zero-order valence-corrected chi connectivity index (χ0v) is 18.6. The summed E-state index contributed by atoms with van der Waals surface area (Å²) >= 11 is 0. The van der Waals surface area contributed by atoms with Gasteiger partial charge in [0.05, 0.1) is 6.10 Å². The number of benzene rings is 2. The van der Waals surface area contributed by atoms with Crippen molar-refractivity contribution in [1.82, 2.24) is 4.90 Å². The number of hydrogen-bond donors (Lipinski definition) is 0. The van der Waals surface area contributed by atoms with E-state index in [1.807, 2.05) is 30.3 Å². The number of hydrogen-bond acceptors (Lipinski definition) is 4. The lowest BCUT2D eigenvalue weighted by Crippen LogP contribution is -2.34. The molecule has 1 aliphatic rings. The van der Waals surface area contributed by atoms with Gasteiger partial charge in [-0.15, -0.1) is 0 Å². The van der Waals surface area contributed by atoms with E-state index >= 15 is 0 Å². The van der Waals surface area contributed by atoms with Gasteiger partial charge in [0.15, 0.2) is 8.32 Å². The van der Waals surface area contributed by atoms with Crippen molar-refractivity contribution in [1.29, 1.82) is 0 Å². The second-order valence-electron chi connectivity index (χ2n) is 8.43. The molecule has 30 heavy (non-hydrogen) atoms. The predicted molar refractivity (Wildman–Crippen MR) is 115 cm³/mol. The van der Waals surface area contributed by atoms with Crippen LogP contribution in [0, 0.1) is 5.82 Å². The SMILES string of the molecule is C[Si](C)(C)OC(CCCC(=O)N1C(=O)OCC1c1ccccc1)c1ccc(F)cc1. The molecular weight excluding hydrogens is 401 g/mol. The summed E-state index contributed by atoms with van der Waals surface area (Å²) in [5.41, 5.74) is 1.77. The van der Waals surface area contributed by atoms with E-state index in [-0.39, 0.29) is 30.9 Å². The average molecular weight is 430 g/mol. The fourth-order valence-corrected chi connectivity index (χ4v) is 4.68. The van der Waals surface area contributed by atoms with Gasteiger partial charge in [0.1, 0.15) is 18.5 Å². The maximum absolute atomic E-state index is 13.3. The van der Waals surface area contributed by atoms with E-state index in [2.05, 4.69) is 19.6 Å². The molecule has 3 rings (SSSR count). The maximum atomic E-state index is 13.3. The Bertz CT molecular complexity index is 867. The van der Waals surface area contributed by atoms with Crippen LogP contribution >= 0.6 is 0 Å². The highest BCUT2D eigenvalue weighted by molar-refractivity contribution is 6.69. The van der Waals surface area contributed by atoms with Crippen molar-refractivity contribution < 1.29 is 23.1 Å². The van der Waals surface area contributed by atoms with Gasteiger partial charge in [-0.05, 0) is 55.7 Å². The first kappa shape index (κ1) is 22.2. The van der Waals surface area contributed by atoms with Gasteiger partial charge in [0.25, 0.3) is 0 Å². The van der Waals surface area contributed by atoms with Crippen LogP contribution in [-0.4, -0.2) is 31.8 Å². The smallest absolute Gasteiger partial charge is 0.417 e. The topological polar surface area (TPSA) is 55.8 Å². The molecule has 0 spiro atoms. The van der Waals surface area contributed by atoms with E-state index in [0.717, 1.165) is 11.1 Å². The molecular formula is C23H28FNO4Si. The lowest BCUT2D eigenvalue weighted by molar-refractivity contribution is -0.129. The summed E-state index contributed by atoms with van der Waals surface area (Å²) in [7, 11) is -1.85. The quantitative estimate of drug-likeness (QED) is 0.512. The van der Waals surface area contributed by atoms with Crippen molar-refractivity contribution in [3.05, 3.63) is 71.5 Å². The summed E-state index contributed by atoms with van der Waals surface area (Å²) in [6.45, 7) is 6.46. The van der Waals surface area contributed by atoms with Crippen molar-refractivity contribution in [2.24, 2.45) is 0 Å². The zero-order valence-electron chi connectivity index (χ0n) is 17.6. The molecule has 0 N–H and O–H groups in total. The molecule has 0 radical (unpaired) electrons. The number of halogens is 1. The third-order valence-corrected chi connectivity index (χ3v) is 5.91. The number of carbonyl (C=O) groups excluding carboxylic acids is 2. The van der Waals surface area contributed by atoms with Crippen LogP contribution in [-0.2, 0) is 14.0 Å². The van der Waals surface area contributed by atoms with Crippen molar-refractivity contribution >= 4 is 20.3 Å². The number of amides is 2. The minimum Gasteiger partial charge on any atom is -0.446 e. The first-order chi connectivity index (χ1) is 14.2. The third-order valence-electron chi connectivity index (χ3n) is 4.92. The number of imide groups is 1. The first-order valence-electron chi connectivity index (χ1n) is 10.2. The first-order valence-corrected chi connectivity index (χ1v) is 13.6. The van der Waals surface area contributed by atoms with Gasteiger partial charge in [0.2, 0.25) is 5.91 Å². The largest absolute Gasteiger partial charge is 0.446 e. The molecule has 2 unspecified atom stereocenters. The summed E-state index contributed by atoms with van der Waals surface area (Å²) < 4.78 is 24.7. The molecule has 1 saturated heterocycles. The molecule has 0 saturated carbocycles. The third kappa shape index (κ3) is 5.76. The van der Waals surface area contributed by atoms with Gasteiger partial charge in [0, 0.05) is 6.42 Å². The lowest BCUT2D eigenvalue weighted by atomic mass is 10.0. The van der Waals surface area contributed by atoms with Gasteiger partial charge in [-0.2, -0.15) is 0 Å². The van der Waals surface area contributed by atoms with Crippen LogP contribution in [0.25, 0.3) is 0 Å². The van der Waals surface area contributed by atoms with Gasteiger partial charge in [-0.3, -0.25) is 4.79 Å². The molecule has 1 fully saturated rings. The summed E-state index contributed by atoms with van der Waals surface area (Å²) in [4.78, 5) is 26.2. The van der Waals surface area contributed by atoms with Crippen LogP contribution in [0.5, 0.6) is 0 Å². The fraction of sp³-hybridized carbons (Fsp3) is 0.391. The Morgan fingerprint density at radius 1 is 1.17 bits per heavy atom. The highest BCUT2D eigenvalue weighted by Crippen LogP contribution is 2.31. The van der Waals surface area contributed by atoms with Crippen LogP contribution in [0.4, 0.5) is 9.18 Å². The fourth-order valence-electron chi connectivity index (χ4n) is 3.57. The molecule has 2 aromatic rings. The molecule has 2 amide bonds. The normalized spacial score (nSPS) is 17.7. The Morgan fingerprint density at radius 3 is 2.47 bits per heavy atom. The lowest BCUT2D eigenvalue weighted by Gasteiger charge is -2.27. The number of carbonyl (C=O) groups is 2. The van der Waals surface area contributed by atoms with Crippen molar-refractivity contribution in [3.63, 3.8) is 0 Å². The van der Waals surface area contributed by atoms with E-state index < -0.39 is 20.5 Å². The predicted octanol–water partition coefficient (Wildman–Crippen LogP) is 5.61. The summed E-state index contributed by atoms with van der Waals surface area (Å²) in [5.74, 6) is -0.544. The molecule has 2 aromatic carbocycles. The number of ether oxygens (including phenoxy) is 1. The monoisotopic (exact) mass is 429 g/mol. The van der Waals surface area contributed by atoms with Crippen LogP contribution < -0.4 is 0 Å². The second-order valence-corrected chi connectivity index (χ2v) is 12.9. The minimum absolute atomic E-state index is 0.172. The molecule has 1 aliphatic heterocycles. The van der Waals surface area contributed by atoms with Gasteiger partial charge in [-0.25, -0.2) is 14.1 Å². The van der Waals surface area contributed by atoms with Crippen LogP contribution in [0.15, 0.2) is 54.6 Å². The van der Waals surface area contributed by atoms with Crippen molar-refractivity contribution in [2.45, 2.75) is 51.0 Å². The number of nitrogens with zero attached hydrogens (tertiary/aromatic N) is 1. The molecule has 1 heterocycles. The van der Waals surface area contributed by atoms with Gasteiger partial charge in [-0.1, -0.05) is 42.5 Å². The van der Waals surface area contributed by atoms with Crippen LogP contribution in [0.2, 0.25) is 19.6 Å². The average Bonchev–Trinajstić information content (AvgIpc) is 3.09. The molecule has 0 bridgehead atoms. The van der Waals surface area contributed by atoms with Gasteiger partial charge < -0.3 is 9.16 Å². The van der Waals surface area contributed by atoms with Crippen LogP contribution in [0.3, 0.4) is 0 Å². The summed E-state index contributed by atoms with van der Waals surface area (Å²) in [5, 5.41) is 0. The van der Waals surface area contributed by atoms with E-state index in [1.54, 1.807) is 12.1 Å². The Kier molecular flexibility index (Phi) is 7.05. The molecule has 160 valence electrons. The Hall–Kier alpha value is -2.51. The standard InChI is InChI=1S/C23H28FNO4Si/c1-30(2,3)29-21(18-12-14-19(24)15-13-18)10-7-11-22(26)25-20(16-28-23(25)27)17-8-5-4-6-9-17/h4-6,8-9,12-15,20-21H,7,10-11,16H2,1-3H3. The Labute approximate surface area is 177 Å². The van der Waals surface area contributed by atoms with E-state index in [4.69, 9.17) is 9.16 Å². The van der Waals surface area contributed by atoms with E-state index in [9.17, 15) is 14.0 Å². The molecule has 5 nitrogen and oxygen atoms in total. The molecule has 0 aliphatic carbocycles. The number of cyclic esters (lactones) is 1. The molecule has 7 heteroatoms. The minimum atomic E-state index is -1.85. The van der Waals surface area contributed by atoms with Crippen molar-refractivity contribution in [2.75, 3.05) is 6.61 Å². The zero-order chi connectivity index (χ0) is 21.7. The highest BCUT2D eigenvalue weighted by Gasteiger charge is 2.38. The maximum Gasteiger partial charge on any atom is 0.417 e. The Balaban J connectivity index is 1.64. The number of rotatable bonds is 8. The van der Waals surface area contributed by atoms with Gasteiger partial charge >= 0.3 is 6.09 Å². The highest BCUT2D eigenvalue weighted by atomic mass is 28.4. The Morgan fingerprint density at radius 2 is 1.83 bits per heavy atom. The molecule has 2 atom stereocenters. The second kappa shape index (κ2) is 9.53. The van der Waals surface area contributed by atoms with Crippen LogP contribution in [0.1, 0.15) is 42.5 Å². The summed E-state index contributed by atoms with van der Waals surface area (Å²) in [6.07, 6.45) is 0.574. The van der Waals surface area contributed by atoms with Crippen molar-refractivity contribution in [3.8, 4) is 0 Å². The summed E-state index contributed by atoms with van der Waals surface area (Å²) in [6, 6.07) is 15.3. The molecule has 0 aromatic heterocycles. The van der Waals surface area contributed by atoms with E-state index in [0.29, 0.717) is 12.8 Å². The van der Waals surface area contributed by atoms with E-state index in [1.165, 1.54) is 17.0 Å².